The smallest absolute Gasteiger partial charge is 0.0312 e. The lowest BCUT2D eigenvalue weighted by Gasteiger charge is -2.22. The molecule has 1 aliphatic rings. The molecule has 0 radical (unpaired) electrons. The van der Waals surface area contributed by atoms with Crippen LogP contribution in [0.3, 0.4) is 0 Å². The number of thioether (sulfide) groups is 1. The fourth-order valence-electron chi connectivity index (χ4n) is 3.21. The van der Waals surface area contributed by atoms with Crippen molar-refractivity contribution in [1.82, 2.24) is 14.8 Å². The van der Waals surface area contributed by atoms with E-state index in [-0.39, 0.29) is 0 Å². The Bertz CT molecular complexity index is 600. The highest BCUT2D eigenvalue weighted by Crippen LogP contribution is 2.19. The molecule has 1 fully saturated rings. The molecule has 3 rings (SSSR count). The number of rotatable bonds is 6. The Hall–Kier alpha value is -1.36. The Morgan fingerprint density at radius 3 is 2.25 bits per heavy atom. The SMILES string of the molecule is CCSc1ccc(CN2CCCN(Cc3cccnc3)CC2)cc1. The van der Waals surface area contributed by atoms with E-state index < -0.39 is 0 Å². The van der Waals surface area contributed by atoms with Crippen LogP contribution in [0, 0.1) is 0 Å². The molecule has 4 heteroatoms. The maximum atomic E-state index is 4.23. The van der Waals surface area contributed by atoms with Gasteiger partial charge in [-0.3, -0.25) is 14.8 Å². The van der Waals surface area contributed by atoms with Crippen LogP contribution >= 0.6 is 11.8 Å². The van der Waals surface area contributed by atoms with Crippen molar-refractivity contribution in [3.05, 3.63) is 59.9 Å². The van der Waals surface area contributed by atoms with Gasteiger partial charge in [-0.2, -0.15) is 0 Å². The van der Waals surface area contributed by atoms with E-state index in [1.807, 2.05) is 30.2 Å². The summed E-state index contributed by atoms with van der Waals surface area (Å²) in [6, 6.07) is 13.3. The molecule has 1 aromatic carbocycles. The standard InChI is InChI=1S/C20H27N3S/c1-2-24-20-8-6-18(7-9-20)16-22-11-4-12-23(14-13-22)17-19-5-3-10-21-15-19/h3,5-10,15H,2,4,11-14,16-17H2,1H3. The Morgan fingerprint density at radius 1 is 0.917 bits per heavy atom. The molecular weight excluding hydrogens is 314 g/mol. The molecule has 0 unspecified atom stereocenters. The zero-order chi connectivity index (χ0) is 16.6. The summed E-state index contributed by atoms with van der Waals surface area (Å²) in [4.78, 5) is 10.7. The highest BCUT2D eigenvalue weighted by atomic mass is 32.2. The van der Waals surface area contributed by atoms with Gasteiger partial charge in [0.1, 0.15) is 0 Å². The fourth-order valence-corrected chi connectivity index (χ4v) is 3.87. The minimum absolute atomic E-state index is 1.02. The summed E-state index contributed by atoms with van der Waals surface area (Å²) in [7, 11) is 0. The summed E-state index contributed by atoms with van der Waals surface area (Å²) in [6.07, 6.45) is 5.07. The van der Waals surface area contributed by atoms with Gasteiger partial charge in [0.15, 0.2) is 0 Å². The molecule has 128 valence electrons. The molecule has 1 aliphatic heterocycles. The third kappa shape index (κ3) is 5.33. The van der Waals surface area contributed by atoms with E-state index in [4.69, 9.17) is 0 Å². The van der Waals surface area contributed by atoms with Crippen molar-refractivity contribution in [2.45, 2.75) is 31.3 Å². The summed E-state index contributed by atoms with van der Waals surface area (Å²) >= 11 is 1.91. The normalized spacial score (nSPS) is 16.9. The van der Waals surface area contributed by atoms with E-state index in [0.717, 1.165) is 31.9 Å². The zero-order valence-electron chi connectivity index (χ0n) is 14.5. The van der Waals surface area contributed by atoms with Crippen molar-refractivity contribution in [1.29, 1.82) is 0 Å². The van der Waals surface area contributed by atoms with Gasteiger partial charge in [0.2, 0.25) is 0 Å². The van der Waals surface area contributed by atoms with Gasteiger partial charge >= 0.3 is 0 Å². The summed E-state index contributed by atoms with van der Waals surface area (Å²) in [5, 5.41) is 0. The molecule has 3 nitrogen and oxygen atoms in total. The predicted octanol–water partition coefficient (Wildman–Crippen LogP) is 3.90. The van der Waals surface area contributed by atoms with Gasteiger partial charge in [0.05, 0.1) is 0 Å². The first-order chi connectivity index (χ1) is 11.8. The number of nitrogens with zero attached hydrogens (tertiary/aromatic N) is 3. The van der Waals surface area contributed by atoms with Crippen LogP contribution in [-0.2, 0) is 13.1 Å². The monoisotopic (exact) mass is 341 g/mol. The van der Waals surface area contributed by atoms with E-state index in [2.05, 4.69) is 52.0 Å². The number of pyridine rings is 1. The quantitative estimate of drug-likeness (QED) is 0.742. The molecular formula is C20H27N3S. The maximum absolute atomic E-state index is 4.23. The largest absolute Gasteiger partial charge is 0.298 e. The molecule has 0 saturated carbocycles. The van der Waals surface area contributed by atoms with Crippen LogP contribution in [0.15, 0.2) is 53.7 Å². The second-order valence-corrected chi connectivity index (χ2v) is 7.68. The lowest BCUT2D eigenvalue weighted by atomic mass is 10.2. The topological polar surface area (TPSA) is 19.4 Å². The summed E-state index contributed by atoms with van der Waals surface area (Å²) in [5.41, 5.74) is 2.74. The first-order valence-electron chi connectivity index (χ1n) is 8.89. The van der Waals surface area contributed by atoms with Crippen LogP contribution in [0.5, 0.6) is 0 Å². The fraction of sp³-hybridized carbons (Fsp3) is 0.450. The van der Waals surface area contributed by atoms with Gasteiger partial charge in [0.25, 0.3) is 0 Å². The lowest BCUT2D eigenvalue weighted by molar-refractivity contribution is 0.247. The van der Waals surface area contributed by atoms with Gasteiger partial charge in [-0.1, -0.05) is 25.1 Å². The van der Waals surface area contributed by atoms with E-state index >= 15 is 0 Å². The molecule has 24 heavy (non-hydrogen) atoms. The molecule has 2 heterocycles. The second-order valence-electron chi connectivity index (χ2n) is 6.34. The van der Waals surface area contributed by atoms with E-state index in [1.54, 1.807) is 0 Å². The lowest BCUT2D eigenvalue weighted by Crippen LogP contribution is -2.30. The van der Waals surface area contributed by atoms with Crippen molar-refractivity contribution in [2.75, 3.05) is 31.9 Å². The van der Waals surface area contributed by atoms with Gasteiger partial charge in [-0.15, -0.1) is 11.8 Å². The molecule has 2 aromatic rings. The van der Waals surface area contributed by atoms with Crippen LogP contribution in [0.2, 0.25) is 0 Å². The average molecular weight is 342 g/mol. The summed E-state index contributed by atoms with van der Waals surface area (Å²) < 4.78 is 0. The van der Waals surface area contributed by atoms with Crippen LogP contribution in [0.1, 0.15) is 24.5 Å². The van der Waals surface area contributed by atoms with Crippen LogP contribution in [0.4, 0.5) is 0 Å². The van der Waals surface area contributed by atoms with Crippen molar-refractivity contribution < 1.29 is 0 Å². The Kier molecular flexibility index (Phi) is 6.70. The summed E-state index contributed by atoms with van der Waals surface area (Å²) in [5.74, 6) is 1.14. The molecule has 0 aliphatic carbocycles. The number of aromatic nitrogens is 1. The van der Waals surface area contributed by atoms with Gasteiger partial charge in [0, 0.05) is 43.5 Å². The summed E-state index contributed by atoms with van der Waals surface area (Å²) in [6.45, 7) is 8.94. The van der Waals surface area contributed by atoms with Crippen molar-refractivity contribution >= 4 is 11.8 Å². The van der Waals surface area contributed by atoms with Gasteiger partial charge in [-0.05, 0) is 54.6 Å². The third-order valence-electron chi connectivity index (χ3n) is 4.45. The Morgan fingerprint density at radius 2 is 1.62 bits per heavy atom. The highest BCUT2D eigenvalue weighted by Gasteiger charge is 2.15. The van der Waals surface area contributed by atoms with E-state index in [9.17, 15) is 0 Å². The third-order valence-corrected chi connectivity index (χ3v) is 5.34. The van der Waals surface area contributed by atoms with Gasteiger partial charge in [-0.25, -0.2) is 0 Å². The number of hydrogen-bond donors (Lipinski definition) is 0. The van der Waals surface area contributed by atoms with Crippen LogP contribution in [0.25, 0.3) is 0 Å². The minimum atomic E-state index is 1.02. The zero-order valence-corrected chi connectivity index (χ0v) is 15.3. The Labute approximate surface area is 150 Å². The van der Waals surface area contributed by atoms with Crippen molar-refractivity contribution in [3.8, 4) is 0 Å². The van der Waals surface area contributed by atoms with Crippen LogP contribution in [-0.4, -0.2) is 46.7 Å². The minimum Gasteiger partial charge on any atom is -0.298 e. The number of hydrogen-bond acceptors (Lipinski definition) is 4. The first-order valence-corrected chi connectivity index (χ1v) is 9.87. The average Bonchev–Trinajstić information content (AvgIpc) is 2.83. The first kappa shape index (κ1) is 17.5. The highest BCUT2D eigenvalue weighted by molar-refractivity contribution is 7.99. The molecule has 1 aromatic heterocycles. The predicted molar refractivity (Wildman–Crippen MR) is 102 cm³/mol. The Balaban J connectivity index is 1.50. The van der Waals surface area contributed by atoms with Crippen molar-refractivity contribution in [2.24, 2.45) is 0 Å². The molecule has 0 N–H and O–H groups in total. The van der Waals surface area contributed by atoms with E-state index in [0.29, 0.717) is 0 Å². The molecule has 0 bridgehead atoms. The van der Waals surface area contributed by atoms with Gasteiger partial charge < -0.3 is 0 Å². The van der Waals surface area contributed by atoms with E-state index in [1.165, 1.54) is 35.5 Å². The molecule has 0 spiro atoms. The maximum Gasteiger partial charge on any atom is 0.0312 e. The number of benzene rings is 1. The van der Waals surface area contributed by atoms with Crippen LogP contribution < -0.4 is 0 Å². The van der Waals surface area contributed by atoms with Crippen molar-refractivity contribution in [3.63, 3.8) is 0 Å². The molecule has 1 saturated heterocycles. The molecule has 0 atom stereocenters. The second kappa shape index (κ2) is 9.21. The molecule has 0 amide bonds.